The van der Waals surface area contributed by atoms with Crippen LogP contribution in [0.2, 0.25) is 0 Å². The van der Waals surface area contributed by atoms with Crippen LogP contribution in [0.1, 0.15) is 0 Å². The van der Waals surface area contributed by atoms with Crippen LogP contribution in [-0.2, 0) is 7.05 Å². The van der Waals surface area contributed by atoms with E-state index in [1.165, 1.54) is 10.7 Å². The molecule has 0 unspecified atom stereocenters. The number of hydrogen-bond donors (Lipinski definition) is 0. The van der Waals surface area contributed by atoms with Crippen molar-refractivity contribution in [3.8, 4) is 11.3 Å². The van der Waals surface area contributed by atoms with Crippen molar-refractivity contribution in [2.45, 2.75) is 0 Å². The second-order valence-corrected chi connectivity index (χ2v) is 4.10. The van der Waals surface area contributed by atoms with Gasteiger partial charge in [-0.05, 0) is 18.2 Å². The molecular weight excluding hydrogens is 256 g/mol. The highest BCUT2D eigenvalue weighted by Crippen LogP contribution is 2.18. The van der Waals surface area contributed by atoms with E-state index in [-0.39, 0.29) is 5.56 Å². The van der Waals surface area contributed by atoms with Crippen molar-refractivity contribution in [1.82, 2.24) is 9.78 Å². The second-order valence-electron chi connectivity index (χ2n) is 3.19. The average Bonchev–Trinajstić information content (AvgIpc) is 2.23. The highest BCUT2D eigenvalue weighted by molar-refractivity contribution is 9.10. The molecule has 3 nitrogen and oxygen atoms in total. The van der Waals surface area contributed by atoms with Crippen LogP contribution in [0.15, 0.2) is 45.7 Å². The van der Waals surface area contributed by atoms with Crippen LogP contribution in [0.25, 0.3) is 11.3 Å². The molecule has 0 saturated heterocycles. The van der Waals surface area contributed by atoms with E-state index in [0.717, 1.165) is 15.7 Å². The molecular formula is C11H9BrN2O. The summed E-state index contributed by atoms with van der Waals surface area (Å²) in [4.78, 5) is 11.1. The molecule has 2 aromatic rings. The normalized spacial score (nSPS) is 10.3. The minimum Gasteiger partial charge on any atom is -0.268 e. The quantitative estimate of drug-likeness (QED) is 0.792. The Kier molecular flexibility index (Phi) is 2.68. The lowest BCUT2D eigenvalue weighted by molar-refractivity contribution is 0.712. The van der Waals surface area contributed by atoms with Crippen LogP contribution in [0.4, 0.5) is 0 Å². The average molecular weight is 265 g/mol. The monoisotopic (exact) mass is 264 g/mol. The molecule has 0 aliphatic carbocycles. The Hall–Kier alpha value is -1.42. The van der Waals surface area contributed by atoms with Gasteiger partial charge in [0.1, 0.15) is 0 Å². The number of aryl methyl sites for hydroxylation is 1. The Bertz CT molecular complexity index is 531. The number of hydrogen-bond acceptors (Lipinski definition) is 2. The van der Waals surface area contributed by atoms with Crippen LogP contribution < -0.4 is 5.56 Å². The van der Waals surface area contributed by atoms with Gasteiger partial charge in [-0.25, -0.2) is 4.68 Å². The first-order valence-corrected chi connectivity index (χ1v) is 5.26. The van der Waals surface area contributed by atoms with Gasteiger partial charge in [0.05, 0.1) is 5.69 Å². The lowest BCUT2D eigenvalue weighted by Crippen LogP contribution is -2.18. The van der Waals surface area contributed by atoms with Crippen LogP contribution in [0.3, 0.4) is 0 Å². The van der Waals surface area contributed by atoms with E-state index in [1.54, 1.807) is 13.1 Å². The van der Waals surface area contributed by atoms with E-state index < -0.39 is 0 Å². The zero-order chi connectivity index (χ0) is 10.8. The van der Waals surface area contributed by atoms with Gasteiger partial charge < -0.3 is 0 Å². The molecule has 0 radical (unpaired) electrons. The summed E-state index contributed by atoms with van der Waals surface area (Å²) in [6.45, 7) is 0. The van der Waals surface area contributed by atoms with Crippen molar-refractivity contribution in [3.05, 3.63) is 51.2 Å². The number of benzene rings is 1. The zero-order valence-corrected chi connectivity index (χ0v) is 9.73. The van der Waals surface area contributed by atoms with Gasteiger partial charge >= 0.3 is 0 Å². The summed E-state index contributed by atoms with van der Waals surface area (Å²) in [7, 11) is 1.64. The van der Waals surface area contributed by atoms with E-state index in [9.17, 15) is 4.79 Å². The van der Waals surface area contributed by atoms with E-state index >= 15 is 0 Å². The molecule has 0 aliphatic heterocycles. The van der Waals surface area contributed by atoms with Crippen molar-refractivity contribution >= 4 is 15.9 Å². The Morgan fingerprint density at radius 1 is 1.13 bits per heavy atom. The molecule has 15 heavy (non-hydrogen) atoms. The molecule has 0 atom stereocenters. The molecule has 1 aromatic carbocycles. The molecule has 0 saturated carbocycles. The summed E-state index contributed by atoms with van der Waals surface area (Å²) in [5, 5.41) is 4.16. The SMILES string of the molecule is Cn1nc(-c2ccc(Br)cc2)ccc1=O. The molecule has 0 spiro atoms. The van der Waals surface area contributed by atoms with E-state index in [4.69, 9.17) is 0 Å². The summed E-state index contributed by atoms with van der Waals surface area (Å²) >= 11 is 3.37. The van der Waals surface area contributed by atoms with Crippen molar-refractivity contribution < 1.29 is 0 Å². The topological polar surface area (TPSA) is 34.9 Å². The lowest BCUT2D eigenvalue weighted by Gasteiger charge is -2.02. The van der Waals surface area contributed by atoms with Gasteiger partial charge in [0.2, 0.25) is 0 Å². The van der Waals surface area contributed by atoms with Crippen molar-refractivity contribution in [2.75, 3.05) is 0 Å². The summed E-state index contributed by atoms with van der Waals surface area (Å²) in [6.07, 6.45) is 0. The molecule has 0 amide bonds. The van der Waals surface area contributed by atoms with E-state index in [0.29, 0.717) is 0 Å². The van der Waals surface area contributed by atoms with E-state index in [2.05, 4.69) is 21.0 Å². The first-order valence-electron chi connectivity index (χ1n) is 4.47. The van der Waals surface area contributed by atoms with Gasteiger partial charge in [-0.1, -0.05) is 28.1 Å². The molecule has 4 heteroatoms. The maximum atomic E-state index is 11.1. The molecule has 0 aliphatic rings. The van der Waals surface area contributed by atoms with Gasteiger partial charge in [-0.15, -0.1) is 0 Å². The van der Waals surface area contributed by atoms with Crippen molar-refractivity contribution in [1.29, 1.82) is 0 Å². The maximum absolute atomic E-state index is 11.1. The van der Waals surface area contributed by atoms with Crippen molar-refractivity contribution in [2.24, 2.45) is 7.05 Å². The Balaban J connectivity index is 2.50. The number of nitrogens with zero attached hydrogens (tertiary/aromatic N) is 2. The van der Waals surface area contributed by atoms with Gasteiger partial charge in [0, 0.05) is 23.2 Å². The minimum absolute atomic E-state index is 0.101. The van der Waals surface area contributed by atoms with Crippen LogP contribution in [0.5, 0.6) is 0 Å². The fourth-order valence-corrected chi connectivity index (χ4v) is 1.54. The molecule has 0 N–H and O–H groups in total. The molecule has 0 bridgehead atoms. The Morgan fingerprint density at radius 3 is 2.40 bits per heavy atom. The Morgan fingerprint density at radius 2 is 1.80 bits per heavy atom. The highest BCUT2D eigenvalue weighted by Gasteiger charge is 2.00. The predicted molar refractivity (Wildman–Crippen MR) is 62.6 cm³/mol. The molecule has 2 rings (SSSR count). The van der Waals surface area contributed by atoms with Crippen LogP contribution in [0, 0.1) is 0 Å². The molecule has 1 aromatic heterocycles. The van der Waals surface area contributed by atoms with Crippen molar-refractivity contribution in [3.63, 3.8) is 0 Å². The first-order chi connectivity index (χ1) is 7.16. The molecule has 0 fully saturated rings. The summed E-state index contributed by atoms with van der Waals surface area (Å²) < 4.78 is 2.35. The summed E-state index contributed by atoms with van der Waals surface area (Å²) in [5.74, 6) is 0. The maximum Gasteiger partial charge on any atom is 0.266 e. The second kappa shape index (κ2) is 3.98. The van der Waals surface area contributed by atoms with Gasteiger partial charge in [0.15, 0.2) is 0 Å². The standard InChI is InChI=1S/C11H9BrN2O/c1-14-11(15)7-6-10(13-14)8-2-4-9(12)5-3-8/h2-7H,1H3. The zero-order valence-electron chi connectivity index (χ0n) is 8.14. The van der Waals surface area contributed by atoms with Crippen LogP contribution >= 0.6 is 15.9 Å². The molecule has 76 valence electrons. The minimum atomic E-state index is -0.101. The largest absolute Gasteiger partial charge is 0.268 e. The highest BCUT2D eigenvalue weighted by atomic mass is 79.9. The molecule has 1 heterocycles. The fraction of sp³-hybridized carbons (Fsp3) is 0.0909. The van der Waals surface area contributed by atoms with Gasteiger partial charge in [-0.3, -0.25) is 4.79 Å². The smallest absolute Gasteiger partial charge is 0.266 e. The lowest BCUT2D eigenvalue weighted by atomic mass is 10.1. The third kappa shape index (κ3) is 2.15. The van der Waals surface area contributed by atoms with Crippen LogP contribution in [-0.4, -0.2) is 9.78 Å². The summed E-state index contributed by atoms with van der Waals surface area (Å²) in [5.41, 5.74) is 1.69. The number of halogens is 1. The number of rotatable bonds is 1. The van der Waals surface area contributed by atoms with E-state index in [1.807, 2.05) is 24.3 Å². The van der Waals surface area contributed by atoms with Gasteiger partial charge in [-0.2, -0.15) is 5.10 Å². The third-order valence-electron chi connectivity index (χ3n) is 2.10. The summed E-state index contributed by atoms with van der Waals surface area (Å²) in [6, 6.07) is 11.0. The first kappa shape index (κ1) is 10.1. The predicted octanol–water partition coefficient (Wildman–Crippen LogP) is 2.21. The Labute approximate surface area is 95.5 Å². The fourth-order valence-electron chi connectivity index (χ4n) is 1.28. The van der Waals surface area contributed by atoms with Gasteiger partial charge in [0.25, 0.3) is 5.56 Å². The number of aromatic nitrogens is 2. The third-order valence-corrected chi connectivity index (χ3v) is 2.63.